The van der Waals surface area contributed by atoms with E-state index in [1.807, 2.05) is 24.3 Å². The van der Waals surface area contributed by atoms with Crippen molar-refractivity contribution < 1.29 is 14.3 Å². The number of carbonyl (C=O) groups excluding carboxylic acids is 1. The quantitative estimate of drug-likeness (QED) is 0.606. The van der Waals surface area contributed by atoms with E-state index in [2.05, 4.69) is 17.5 Å². The zero-order chi connectivity index (χ0) is 18.2. The van der Waals surface area contributed by atoms with E-state index in [9.17, 15) is 4.79 Å². The molecule has 2 aromatic rings. The van der Waals surface area contributed by atoms with Crippen LogP contribution in [0.2, 0.25) is 5.02 Å². The number of rotatable bonds is 7. The molecule has 6 heteroatoms. The molecule has 0 aliphatic carbocycles. The Bertz CT molecular complexity index is 758. The Kier molecular flexibility index (Phi) is 6.83. The summed E-state index contributed by atoms with van der Waals surface area (Å²) in [4.78, 5) is 12.0. The van der Waals surface area contributed by atoms with Crippen LogP contribution in [-0.4, -0.2) is 26.3 Å². The number of nitrogens with zero attached hydrogens (tertiary/aromatic N) is 1. The molecule has 0 saturated heterocycles. The van der Waals surface area contributed by atoms with Crippen LogP contribution in [0.15, 0.2) is 41.5 Å². The number of methoxy groups -OCH3 is 2. The monoisotopic (exact) mass is 360 g/mol. The molecule has 2 aromatic carbocycles. The van der Waals surface area contributed by atoms with Gasteiger partial charge < -0.3 is 9.47 Å². The summed E-state index contributed by atoms with van der Waals surface area (Å²) in [5.41, 5.74) is 5.30. The van der Waals surface area contributed by atoms with Crippen molar-refractivity contribution in [3.05, 3.63) is 58.1 Å². The summed E-state index contributed by atoms with van der Waals surface area (Å²) >= 11 is 6.17. The molecule has 1 N–H and O–H groups in total. The number of hydrogen-bond acceptors (Lipinski definition) is 4. The second-order valence-corrected chi connectivity index (χ2v) is 5.78. The number of halogens is 1. The van der Waals surface area contributed by atoms with Crippen molar-refractivity contribution in [3.63, 3.8) is 0 Å². The van der Waals surface area contributed by atoms with Crippen LogP contribution in [-0.2, 0) is 17.6 Å². The SMILES string of the molecule is CCc1ccc(CC(=O)N/N=C\c2cc(OC)c(OC)cc2Cl)cc1. The topological polar surface area (TPSA) is 59.9 Å². The summed E-state index contributed by atoms with van der Waals surface area (Å²) in [6.07, 6.45) is 2.71. The Hall–Kier alpha value is -2.53. The summed E-state index contributed by atoms with van der Waals surface area (Å²) in [5.74, 6) is 0.872. The predicted octanol–water partition coefficient (Wildman–Crippen LogP) is 3.61. The average molecular weight is 361 g/mol. The first kappa shape index (κ1) is 18.8. The lowest BCUT2D eigenvalue weighted by Gasteiger charge is -2.09. The largest absolute Gasteiger partial charge is 0.493 e. The predicted molar refractivity (Wildman–Crippen MR) is 99.8 cm³/mol. The molecule has 0 radical (unpaired) electrons. The molecule has 0 atom stereocenters. The summed E-state index contributed by atoms with van der Waals surface area (Å²) in [7, 11) is 3.08. The van der Waals surface area contributed by atoms with Gasteiger partial charge in [-0.1, -0.05) is 42.8 Å². The summed E-state index contributed by atoms with van der Waals surface area (Å²) in [6.45, 7) is 2.09. The maximum Gasteiger partial charge on any atom is 0.244 e. The smallest absolute Gasteiger partial charge is 0.244 e. The lowest BCUT2D eigenvalue weighted by molar-refractivity contribution is -0.120. The number of amides is 1. The van der Waals surface area contributed by atoms with Crippen LogP contribution in [0.5, 0.6) is 11.5 Å². The average Bonchev–Trinajstić information content (AvgIpc) is 2.63. The third kappa shape index (κ3) is 5.22. The standard InChI is InChI=1S/C19H21ClN2O3/c1-4-13-5-7-14(8-6-13)9-19(23)22-21-12-15-10-17(24-2)18(25-3)11-16(15)20/h5-8,10-12H,4,9H2,1-3H3,(H,22,23)/b21-12-. The Morgan fingerprint density at radius 1 is 1.12 bits per heavy atom. The maximum absolute atomic E-state index is 12.0. The molecule has 0 aromatic heterocycles. The van der Waals surface area contributed by atoms with E-state index >= 15 is 0 Å². The van der Waals surface area contributed by atoms with Crippen LogP contribution in [0.4, 0.5) is 0 Å². The highest BCUT2D eigenvalue weighted by atomic mass is 35.5. The lowest BCUT2D eigenvalue weighted by Crippen LogP contribution is -2.19. The maximum atomic E-state index is 12.0. The van der Waals surface area contributed by atoms with Gasteiger partial charge in [-0.2, -0.15) is 5.10 Å². The molecule has 0 aliphatic rings. The minimum absolute atomic E-state index is 0.197. The Labute approximate surface area is 152 Å². The molecule has 2 rings (SSSR count). The van der Waals surface area contributed by atoms with Crippen LogP contribution in [0.25, 0.3) is 0 Å². The zero-order valence-corrected chi connectivity index (χ0v) is 15.3. The second kappa shape index (κ2) is 9.08. The first-order valence-corrected chi connectivity index (χ1v) is 8.26. The highest BCUT2D eigenvalue weighted by Crippen LogP contribution is 2.32. The third-order valence-corrected chi connectivity index (χ3v) is 4.02. The van der Waals surface area contributed by atoms with Crippen LogP contribution in [0, 0.1) is 0 Å². The van der Waals surface area contributed by atoms with Crippen molar-refractivity contribution in [1.82, 2.24) is 5.43 Å². The molecule has 0 spiro atoms. The molecule has 132 valence electrons. The molecule has 1 amide bonds. The third-order valence-electron chi connectivity index (χ3n) is 3.69. The molecular weight excluding hydrogens is 340 g/mol. The normalized spacial score (nSPS) is 10.7. The van der Waals surface area contributed by atoms with E-state index in [4.69, 9.17) is 21.1 Å². The molecule has 0 fully saturated rings. The molecule has 0 bridgehead atoms. The van der Waals surface area contributed by atoms with E-state index in [0.29, 0.717) is 22.1 Å². The fraction of sp³-hybridized carbons (Fsp3) is 0.263. The van der Waals surface area contributed by atoms with Crippen LogP contribution in [0.3, 0.4) is 0 Å². The van der Waals surface area contributed by atoms with Crippen molar-refractivity contribution in [1.29, 1.82) is 0 Å². The van der Waals surface area contributed by atoms with Gasteiger partial charge in [0.15, 0.2) is 11.5 Å². The molecular formula is C19H21ClN2O3. The van der Waals surface area contributed by atoms with Gasteiger partial charge >= 0.3 is 0 Å². The highest BCUT2D eigenvalue weighted by molar-refractivity contribution is 6.33. The molecule has 0 heterocycles. The van der Waals surface area contributed by atoms with E-state index in [-0.39, 0.29) is 12.3 Å². The Morgan fingerprint density at radius 2 is 1.72 bits per heavy atom. The van der Waals surface area contributed by atoms with Gasteiger partial charge in [-0.25, -0.2) is 5.43 Å². The summed E-state index contributed by atoms with van der Waals surface area (Å²) < 4.78 is 10.4. The number of hydrazone groups is 1. The van der Waals surface area contributed by atoms with Gasteiger partial charge in [0.25, 0.3) is 0 Å². The zero-order valence-electron chi connectivity index (χ0n) is 14.5. The van der Waals surface area contributed by atoms with Crippen molar-refractivity contribution >= 4 is 23.7 Å². The number of nitrogens with one attached hydrogen (secondary N) is 1. The lowest BCUT2D eigenvalue weighted by atomic mass is 10.1. The van der Waals surface area contributed by atoms with Gasteiger partial charge in [-0.3, -0.25) is 4.79 Å². The second-order valence-electron chi connectivity index (χ2n) is 5.37. The van der Waals surface area contributed by atoms with Gasteiger partial charge in [-0.05, 0) is 23.6 Å². The summed E-state index contributed by atoms with van der Waals surface area (Å²) in [5, 5.41) is 4.41. The first-order chi connectivity index (χ1) is 12.1. The fourth-order valence-corrected chi connectivity index (χ4v) is 2.46. The number of ether oxygens (including phenoxy) is 2. The van der Waals surface area contributed by atoms with E-state index in [0.717, 1.165) is 12.0 Å². The van der Waals surface area contributed by atoms with Crippen molar-refractivity contribution in [2.75, 3.05) is 14.2 Å². The molecule has 0 unspecified atom stereocenters. The van der Waals surface area contributed by atoms with Crippen molar-refractivity contribution in [2.45, 2.75) is 19.8 Å². The van der Waals surface area contributed by atoms with Crippen LogP contribution in [0.1, 0.15) is 23.6 Å². The van der Waals surface area contributed by atoms with E-state index in [1.54, 1.807) is 12.1 Å². The molecule has 5 nitrogen and oxygen atoms in total. The molecule has 25 heavy (non-hydrogen) atoms. The van der Waals surface area contributed by atoms with Gasteiger partial charge in [0.2, 0.25) is 5.91 Å². The minimum Gasteiger partial charge on any atom is -0.493 e. The van der Waals surface area contributed by atoms with E-state index in [1.165, 1.54) is 26.0 Å². The van der Waals surface area contributed by atoms with Crippen LogP contribution >= 0.6 is 11.6 Å². The van der Waals surface area contributed by atoms with Gasteiger partial charge in [-0.15, -0.1) is 0 Å². The van der Waals surface area contributed by atoms with Gasteiger partial charge in [0.1, 0.15) is 0 Å². The van der Waals surface area contributed by atoms with Crippen LogP contribution < -0.4 is 14.9 Å². The molecule has 0 saturated carbocycles. The van der Waals surface area contributed by atoms with Crippen molar-refractivity contribution in [3.8, 4) is 11.5 Å². The van der Waals surface area contributed by atoms with Crippen molar-refractivity contribution in [2.24, 2.45) is 5.10 Å². The number of benzene rings is 2. The summed E-state index contributed by atoms with van der Waals surface area (Å²) in [6, 6.07) is 11.3. The Morgan fingerprint density at radius 3 is 2.32 bits per heavy atom. The molecule has 0 aliphatic heterocycles. The number of carbonyl (C=O) groups is 1. The first-order valence-electron chi connectivity index (χ1n) is 7.88. The fourth-order valence-electron chi connectivity index (χ4n) is 2.26. The highest BCUT2D eigenvalue weighted by Gasteiger charge is 2.08. The number of aryl methyl sites for hydroxylation is 1. The minimum atomic E-state index is -0.197. The van der Waals surface area contributed by atoms with Gasteiger partial charge in [0.05, 0.1) is 31.9 Å². The number of hydrogen-bond donors (Lipinski definition) is 1. The Balaban J connectivity index is 1.98. The van der Waals surface area contributed by atoms with Gasteiger partial charge in [0, 0.05) is 11.6 Å². The van der Waals surface area contributed by atoms with E-state index < -0.39 is 0 Å².